The van der Waals surface area contributed by atoms with E-state index in [0.717, 1.165) is 12.0 Å². The van der Waals surface area contributed by atoms with E-state index in [1.807, 2.05) is 6.92 Å². The molecule has 0 nitrogen and oxygen atoms in total. The van der Waals surface area contributed by atoms with Crippen LogP contribution in [0.3, 0.4) is 0 Å². The quantitative estimate of drug-likeness (QED) is 0.695. The second-order valence-corrected chi connectivity index (χ2v) is 3.44. The highest BCUT2D eigenvalue weighted by Gasteiger charge is 2.16. The van der Waals surface area contributed by atoms with Crippen LogP contribution >= 0.6 is 23.2 Å². The monoisotopic (exact) mass is 224 g/mol. The van der Waals surface area contributed by atoms with Gasteiger partial charge in [0.25, 0.3) is 6.43 Å². The van der Waals surface area contributed by atoms with Gasteiger partial charge in [-0.25, -0.2) is 8.78 Å². The summed E-state index contributed by atoms with van der Waals surface area (Å²) in [6, 6.07) is 3.05. The molecule has 1 aromatic rings. The van der Waals surface area contributed by atoms with Gasteiger partial charge in [-0.05, 0) is 24.1 Å². The molecule has 0 aliphatic rings. The zero-order valence-electron chi connectivity index (χ0n) is 6.95. The third kappa shape index (κ3) is 2.32. The van der Waals surface area contributed by atoms with Gasteiger partial charge < -0.3 is 0 Å². The Morgan fingerprint density at radius 2 is 1.69 bits per heavy atom. The van der Waals surface area contributed by atoms with E-state index in [9.17, 15) is 8.78 Å². The summed E-state index contributed by atoms with van der Waals surface area (Å²) in [5, 5.41) is 0.0821. The molecule has 0 fully saturated rings. The third-order valence-electron chi connectivity index (χ3n) is 1.77. The van der Waals surface area contributed by atoms with E-state index in [-0.39, 0.29) is 15.6 Å². The number of hydrogen-bond donors (Lipinski definition) is 0. The van der Waals surface area contributed by atoms with Gasteiger partial charge in [0.05, 0.1) is 15.6 Å². The first-order valence-corrected chi connectivity index (χ1v) is 4.57. The second-order valence-electron chi connectivity index (χ2n) is 2.63. The fourth-order valence-corrected chi connectivity index (χ4v) is 1.75. The number of rotatable bonds is 2. The summed E-state index contributed by atoms with van der Waals surface area (Å²) in [6.45, 7) is 1.91. The molecule has 0 atom stereocenters. The lowest BCUT2D eigenvalue weighted by Crippen LogP contribution is -1.90. The van der Waals surface area contributed by atoms with E-state index in [1.165, 1.54) is 12.1 Å². The van der Waals surface area contributed by atoms with E-state index in [4.69, 9.17) is 23.2 Å². The average Bonchev–Trinajstić information content (AvgIpc) is 2.02. The molecule has 0 unspecified atom stereocenters. The molecule has 0 saturated carbocycles. The third-order valence-corrected chi connectivity index (χ3v) is 2.39. The van der Waals surface area contributed by atoms with Crippen LogP contribution in [-0.2, 0) is 6.42 Å². The SMILES string of the molecule is CCc1cc(Cl)c(C(F)F)c(Cl)c1. The molecule has 0 aromatic heterocycles. The molecule has 1 aromatic carbocycles. The molecule has 0 bridgehead atoms. The van der Waals surface area contributed by atoms with Gasteiger partial charge in [-0.1, -0.05) is 30.1 Å². The van der Waals surface area contributed by atoms with Gasteiger partial charge in [0.2, 0.25) is 0 Å². The van der Waals surface area contributed by atoms with E-state index in [1.54, 1.807) is 0 Å². The Labute approximate surface area is 85.5 Å². The summed E-state index contributed by atoms with van der Waals surface area (Å²) >= 11 is 11.3. The number of hydrogen-bond acceptors (Lipinski definition) is 0. The van der Waals surface area contributed by atoms with Gasteiger partial charge in [-0.15, -0.1) is 0 Å². The van der Waals surface area contributed by atoms with Crippen molar-refractivity contribution in [2.45, 2.75) is 19.8 Å². The van der Waals surface area contributed by atoms with E-state index in [2.05, 4.69) is 0 Å². The smallest absolute Gasteiger partial charge is 0.205 e. The summed E-state index contributed by atoms with van der Waals surface area (Å²) in [7, 11) is 0. The average molecular weight is 225 g/mol. The standard InChI is InChI=1S/C9H8Cl2F2/c1-2-5-3-6(10)8(9(12)13)7(11)4-5/h3-4,9H,2H2,1H3. The highest BCUT2D eigenvalue weighted by atomic mass is 35.5. The van der Waals surface area contributed by atoms with Crippen molar-refractivity contribution in [3.8, 4) is 0 Å². The highest BCUT2D eigenvalue weighted by molar-refractivity contribution is 6.36. The van der Waals surface area contributed by atoms with Crippen molar-refractivity contribution in [1.82, 2.24) is 0 Å². The molecule has 4 heteroatoms. The molecule has 0 spiro atoms. The number of benzene rings is 1. The van der Waals surface area contributed by atoms with Gasteiger partial charge in [0, 0.05) is 0 Å². The van der Waals surface area contributed by atoms with E-state index in [0.29, 0.717) is 0 Å². The Hall–Kier alpha value is -0.340. The summed E-state index contributed by atoms with van der Waals surface area (Å²) in [6.07, 6.45) is -1.89. The van der Waals surface area contributed by atoms with Crippen molar-refractivity contribution < 1.29 is 8.78 Å². The van der Waals surface area contributed by atoms with Crippen molar-refractivity contribution in [1.29, 1.82) is 0 Å². The van der Waals surface area contributed by atoms with Crippen molar-refractivity contribution in [3.05, 3.63) is 33.3 Å². The molecule has 0 saturated heterocycles. The van der Waals surface area contributed by atoms with Crippen molar-refractivity contribution in [3.63, 3.8) is 0 Å². The Kier molecular flexibility index (Phi) is 3.51. The van der Waals surface area contributed by atoms with Crippen molar-refractivity contribution in [2.75, 3.05) is 0 Å². The first-order valence-electron chi connectivity index (χ1n) is 3.82. The van der Waals surface area contributed by atoms with Crippen LogP contribution in [0.5, 0.6) is 0 Å². The van der Waals surface area contributed by atoms with Crippen LogP contribution < -0.4 is 0 Å². The van der Waals surface area contributed by atoms with Gasteiger partial charge >= 0.3 is 0 Å². The number of halogens is 4. The molecule has 0 aliphatic carbocycles. The fraction of sp³-hybridized carbons (Fsp3) is 0.333. The first-order chi connectivity index (χ1) is 6.06. The Balaban J connectivity index is 3.23. The number of alkyl halides is 2. The Morgan fingerprint density at radius 1 is 1.23 bits per heavy atom. The predicted molar refractivity (Wildman–Crippen MR) is 50.8 cm³/mol. The van der Waals surface area contributed by atoms with Crippen molar-refractivity contribution >= 4 is 23.2 Å². The lowest BCUT2D eigenvalue weighted by Gasteiger charge is -2.07. The number of aryl methyl sites for hydroxylation is 1. The van der Waals surface area contributed by atoms with E-state index >= 15 is 0 Å². The van der Waals surface area contributed by atoms with Crippen LogP contribution in [0.1, 0.15) is 24.5 Å². The Bertz CT molecular complexity index is 287. The summed E-state index contributed by atoms with van der Waals surface area (Å²) in [5.41, 5.74) is 0.583. The normalized spacial score (nSPS) is 10.9. The van der Waals surface area contributed by atoms with Gasteiger partial charge in [-0.2, -0.15) is 0 Å². The Morgan fingerprint density at radius 3 is 2.00 bits per heavy atom. The van der Waals surface area contributed by atoms with Gasteiger partial charge in [0.1, 0.15) is 0 Å². The molecule has 0 N–H and O–H groups in total. The molecular weight excluding hydrogens is 217 g/mol. The highest BCUT2D eigenvalue weighted by Crippen LogP contribution is 2.34. The molecule has 0 aliphatic heterocycles. The molecule has 1 rings (SSSR count). The van der Waals surface area contributed by atoms with Crippen LogP contribution in [-0.4, -0.2) is 0 Å². The molecule has 13 heavy (non-hydrogen) atoms. The molecule has 0 amide bonds. The van der Waals surface area contributed by atoms with Crippen LogP contribution in [0.2, 0.25) is 10.0 Å². The maximum absolute atomic E-state index is 12.4. The zero-order chi connectivity index (χ0) is 10.0. The molecule has 72 valence electrons. The minimum absolute atomic E-state index is 0.0411. The van der Waals surface area contributed by atoms with Crippen LogP contribution in [0.15, 0.2) is 12.1 Å². The largest absolute Gasteiger partial charge is 0.266 e. The van der Waals surface area contributed by atoms with E-state index < -0.39 is 6.43 Å². The summed E-state index contributed by atoms with van der Waals surface area (Å²) in [4.78, 5) is 0. The predicted octanol–water partition coefficient (Wildman–Crippen LogP) is 4.49. The minimum atomic E-state index is -2.62. The first kappa shape index (κ1) is 10.7. The lowest BCUT2D eigenvalue weighted by molar-refractivity contribution is 0.151. The lowest BCUT2D eigenvalue weighted by atomic mass is 10.1. The minimum Gasteiger partial charge on any atom is -0.205 e. The second kappa shape index (κ2) is 4.25. The van der Waals surface area contributed by atoms with Gasteiger partial charge in [0.15, 0.2) is 0 Å². The van der Waals surface area contributed by atoms with Crippen LogP contribution in [0.4, 0.5) is 8.78 Å². The summed E-state index contributed by atoms with van der Waals surface area (Å²) in [5.74, 6) is 0. The summed E-state index contributed by atoms with van der Waals surface area (Å²) < 4.78 is 24.7. The molecule has 0 heterocycles. The maximum atomic E-state index is 12.4. The molecule has 0 radical (unpaired) electrons. The molecular formula is C9H8Cl2F2. The topological polar surface area (TPSA) is 0 Å². The maximum Gasteiger partial charge on any atom is 0.266 e. The van der Waals surface area contributed by atoms with Gasteiger partial charge in [-0.3, -0.25) is 0 Å². The van der Waals surface area contributed by atoms with Crippen LogP contribution in [0, 0.1) is 0 Å². The fourth-order valence-electron chi connectivity index (χ4n) is 1.05. The van der Waals surface area contributed by atoms with Crippen molar-refractivity contribution in [2.24, 2.45) is 0 Å². The van der Waals surface area contributed by atoms with Crippen LogP contribution in [0.25, 0.3) is 0 Å². The zero-order valence-corrected chi connectivity index (χ0v) is 8.46.